The van der Waals surface area contributed by atoms with E-state index < -0.39 is 0 Å². The highest BCUT2D eigenvalue weighted by Crippen LogP contribution is 2.67. The molecule has 0 aliphatic heterocycles. The van der Waals surface area contributed by atoms with Crippen molar-refractivity contribution in [2.75, 3.05) is 0 Å². The number of hydrogen-bond donors (Lipinski definition) is 2. The highest BCUT2D eigenvalue weighted by Gasteiger charge is 2.60. The van der Waals surface area contributed by atoms with Crippen LogP contribution in [0.2, 0.25) is 0 Å². The van der Waals surface area contributed by atoms with Gasteiger partial charge in [-0.2, -0.15) is 0 Å². The monoisotopic (exact) mass is 317 g/mol. The Morgan fingerprint density at radius 1 is 1.04 bits per heavy atom. The Kier molecular flexibility index (Phi) is 3.74. The summed E-state index contributed by atoms with van der Waals surface area (Å²) in [6.45, 7) is 7.16. The van der Waals surface area contributed by atoms with Crippen molar-refractivity contribution in [3.63, 3.8) is 0 Å². The number of hydrogen-bond acceptors (Lipinski definition) is 2. The van der Waals surface area contributed by atoms with E-state index in [-0.39, 0.29) is 11.5 Å². The summed E-state index contributed by atoms with van der Waals surface area (Å²) in [7, 11) is 0. The van der Waals surface area contributed by atoms with Crippen LogP contribution >= 0.6 is 0 Å². The van der Waals surface area contributed by atoms with E-state index in [1.165, 1.54) is 50.5 Å². The fourth-order valence-electron chi connectivity index (χ4n) is 7.67. The van der Waals surface area contributed by atoms with Gasteiger partial charge in [0.25, 0.3) is 0 Å². The predicted molar refractivity (Wildman–Crippen MR) is 94.8 cm³/mol. The minimum Gasteiger partial charge on any atom is -0.389 e. The first-order chi connectivity index (χ1) is 10.9. The molecule has 2 nitrogen and oxygen atoms in total. The quantitative estimate of drug-likeness (QED) is 0.655. The second-order valence-electron chi connectivity index (χ2n) is 9.64. The number of nitrogens with two attached hydrogens (primary N) is 1. The Morgan fingerprint density at radius 3 is 2.57 bits per heavy atom. The SMILES string of the molecule is C/C=C1/[C@H](O)C[C@H]2[C@@H]3CCC4C[C@H](N)CC[C@]4(C)[C@H]3CC[C@]12C. The van der Waals surface area contributed by atoms with E-state index in [1.807, 2.05) is 0 Å². The molecule has 0 aromatic carbocycles. The molecule has 0 spiro atoms. The summed E-state index contributed by atoms with van der Waals surface area (Å²) in [5.41, 5.74) is 8.42. The molecule has 3 N–H and O–H groups in total. The molecule has 4 fully saturated rings. The van der Waals surface area contributed by atoms with Crippen LogP contribution in [-0.2, 0) is 0 Å². The van der Waals surface area contributed by atoms with E-state index in [1.54, 1.807) is 0 Å². The first-order valence-electron chi connectivity index (χ1n) is 10.0. The first kappa shape index (κ1) is 16.1. The van der Waals surface area contributed by atoms with Crippen LogP contribution in [0.5, 0.6) is 0 Å². The van der Waals surface area contributed by atoms with E-state index in [9.17, 15) is 5.11 Å². The lowest BCUT2D eigenvalue weighted by Gasteiger charge is -2.60. The molecule has 0 aromatic rings. The average molecular weight is 318 g/mol. The molecule has 1 unspecified atom stereocenters. The summed E-state index contributed by atoms with van der Waals surface area (Å²) < 4.78 is 0. The molecule has 4 saturated carbocycles. The van der Waals surface area contributed by atoms with Gasteiger partial charge >= 0.3 is 0 Å². The zero-order valence-electron chi connectivity index (χ0n) is 15.2. The van der Waals surface area contributed by atoms with Gasteiger partial charge in [-0.1, -0.05) is 19.9 Å². The van der Waals surface area contributed by atoms with Gasteiger partial charge in [-0.25, -0.2) is 0 Å². The number of aliphatic hydroxyl groups excluding tert-OH is 1. The van der Waals surface area contributed by atoms with Crippen LogP contribution in [0.4, 0.5) is 0 Å². The van der Waals surface area contributed by atoms with Crippen molar-refractivity contribution in [3.8, 4) is 0 Å². The summed E-state index contributed by atoms with van der Waals surface area (Å²) in [6, 6.07) is 0.446. The molecule has 4 aliphatic carbocycles. The third kappa shape index (κ3) is 2.13. The molecule has 0 saturated heterocycles. The van der Waals surface area contributed by atoms with Crippen molar-refractivity contribution < 1.29 is 5.11 Å². The Morgan fingerprint density at radius 2 is 1.83 bits per heavy atom. The maximum atomic E-state index is 10.6. The van der Waals surface area contributed by atoms with Crippen molar-refractivity contribution in [1.82, 2.24) is 0 Å². The fraction of sp³-hybridized carbons (Fsp3) is 0.905. The second kappa shape index (κ2) is 5.33. The van der Waals surface area contributed by atoms with Crippen molar-refractivity contribution in [2.24, 2.45) is 40.2 Å². The lowest BCUT2D eigenvalue weighted by molar-refractivity contribution is -0.100. The van der Waals surface area contributed by atoms with Gasteiger partial charge in [0.2, 0.25) is 0 Å². The Bertz CT molecular complexity index is 514. The number of allylic oxidation sites excluding steroid dienone is 1. The van der Waals surface area contributed by atoms with Crippen LogP contribution in [-0.4, -0.2) is 17.3 Å². The van der Waals surface area contributed by atoms with Gasteiger partial charge < -0.3 is 10.8 Å². The Balaban J connectivity index is 1.65. The van der Waals surface area contributed by atoms with Crippen LogP contribution in [0.1, 0.15) is 72.1 Å². The molecule has 23 heavy (non-hydrogen) atoms. The van der Waals surface area contributed by atoms with Crippen LogP contribution in [0, 0.1) is 34.5 Å². The summed E-state index contributed by atoms with van der Waals surface area (Å²) >= 11 is 0. The summed E-state index contributed by atoms with van der Waals surface area (Å²) in [4.78, 5) is 0. The van der Waals surface area contributed by atoms with Crippen molar-refractivity contribution >= 4 is 0 Å². The van der Waals surface area contributed by atoms with Gasteiger partial charge in [-0.15, -0.1) is 0 Å². The van der Waals surface area contributed by atoms with E-state index in [0.717, 1.165) is 24.2 Å². The van der Waals surface area contributed by atoms with Crippen LogP contribution in [0.25, 0.3) is 0 Å². The van der Waals surface area contributed by atoms with E-state index in [4.69, 9.17) is 5.73 Å². The van der Waals surface area contributed by atoms with Crippen LogP contribution in [0.15, 0.2) is 11.6 Å². The lowest BCUT2D eigenvalue weighted by Crippen LogP contribution is -2.54. The maximum Gasteiger partial charge on any atom is 0.0758 e. The molecule has 8 atom stereocenters. The van der Waals surface area contributed by atoms with Gasteiger partial charge in [0.05, 0.1) is 6.10 Å². The number of rotatable bonds is 0. The largest absolute Gasteiger partial charge is 0.389 e. The minimum absolute atomic E-state index is 0.181. The Hall–Kier alpha value is -0.340. The van der Waals surface area contributed by atoms with Crippen molar-refractivity contribution in [1.29, 1.82) is 0 Å². The molecule has 0 radical (unpaired) electrons. The highest BCUT2D eigenvalue weighted by atomic mass is 16.3. The molecule has 2 heteroatoms. The fourth-order valence-corrected chi connectivity index (χ4v) is 7.67. The molecule has 0 heterocycles. The van der Waals surface area contributed by atoms with Gasteiger partial charge in [0, 0.05) is 6.04 Å². The normalized spacial score (nSPS) is 57.7. The second-order valence-corrected chi connectivity index (χ2v) is 9.64. The third-order valence-electron chi connectivity index (χ3n) is 8.90. The van der Waals surface area contributed by atoms with E-state index >= 15 is 0 Å². The van der Waals surface area contributed by atoms with Gasteiger partial charge in [0.1, 0.15) is 0 Å². The van der Waals surface area contributed by atoms with Crippen molar-refractivity contribution in [2.45, 2.75) is 84.3 Å². The molecular formula is C21H35NO. The summed E-state index contributed by atoms with van der Waals surface area (Å²) in [5, 5.41) is 10.6. The lowest BCUT2D eigenvalue weighted by atomic mass is 9.45. The number of aliphatic hydroxyl groups is 1. The Labute approximate surface area is 141 Å². The minimum atomic E-state index is -0.181. The zero-order valence-corrected chi connectivity index (χ0v) is 15.2. The summed E-state index contributed by atoms with van der Waals surface area (Å²) in [5.74, 6) is 3.26. The molecule has 0 aromatic heterocycles. The van der Waals surface area contributed by atoms with E-state index in [0.29, 0.717) is 17.4 Å². The van der Waals surface area contributed by atoms with Gasteiger partial charge in [-0.3, -0.25) is 0 Å². The van der Waals surface area contributed by atoms with Crippen molar-refractivity contribution in [3.05, 3.63) is 11.6 Å². The number of fused-ring (bicyclic) bond motifs is 5. The molecular weight excluding hydrogens is 282 g/mol. The third-order valence-corrected chi connectivity index (χ3v) is 8.90. The van der Waals surface area contributed by atoms with E-state index in [2.05, 4.69) is 26.8 Å². The standard InChI is InChI=1S/C21H35NO/c1-4-16-19(23)12-18-15-6-5-13-11-14(22)7-9-20(13,2)17(15)8-10-21(16,18)3/h4,13-15,17-19,23H,5-12,22H2,1-3H3/b16-4-/t13?,14-,15-,17+,18+,19-,20+,21-/m1/s1. The zero-order chi connectivity index (χ0) is 16.4. The first-order valence-corrected chi connectivity index (χ1v) is 10.0. The molecule has 4 rings (SSSR count). The summed E-state index contributed by atoms with van der Waals surface area (Å²) in [6.07, 6.45) is 12.3. The molecule has 130 valence electrons. The van der Waals surface area contributed by atoms with Gasteiger partial charge in [0.15, 0.2) is 0 Å². The average Bonchev–Trinajstić information content (AvgIpc) is 2.77. The van der Waals surface area contributed by atoms with Crippen LogP contribution in [0.3, 0.4) is 0 Å². The highest BCUT2D eigenvalue weighted by molar-refractivity contribution is 5.27. The topological polar surface area (TPSA) is 46.2 Å². The van der Waals surface area contributed by atoms with Gasteiger partial charge in [-0.05, 0) is 98.4 Å². The predicted octanol–water partition coefficient (Wildman–Crippen LogP) is 4.27. The molecule has 4 aliphatic rings. The molecule has 0 bridgehead atoms. The molecule has 0 amide bonds. The smallest absolute Gasteiger partial charge is 0.0758 e. The maximum absolute atomic E-state index is 10.6. The van der Waals surface area contributed by atoms with Crippen LogP contribution < -0.4 is 5.73 Å².